The standard InChI is InChI=1S/C26H29ClN2O8S/c1-33-21-13-11-20(14-23(21)35-3)38(31,32)29(19-9-7-18(27)8-10-19)16-24(30)28-15-17-6-12-22(34-2)26(37-5)25(17)36-4/h6-14H,15-16H2,1-5H3,(H,28,30). The van der Waals surface area contributed by atoms with Gasteiger partial charge >= 0.3 is 0 Å². The highest BCUT2D eigenvalue weighted by Crippen LogP contribution is 2.39. The molecule has 0 unspecified atom stereocenters. The van der Waals surface area contributed by atoms with Gasteiger partial charge in [0.2, 0.25) is 11.7 Å². The van der Waals surface area contributed by atoms with Gasteiger partial charge in [0.05, 0.1) is 46.1 Å². The summed E-state index contributed by atoms with van der Waals surface area (Å²) in [5.41, 5.74) is 0.863. The van der Waals surface area contributed by atoms with Crippen LogP contribution in [0.5, 0.6) is 28.7 Å². The molecule has 0 aliphatic rings. The Morgan fingerprint density at radius 2 is 1.39 bits per heavy atom. The summed E-state index contributed by atoms with van der Waals surface area (Å²) >= 11 is 6.01. The number of benzene rings is 3. The Morgan fingerprint density at radius 3 is 1.97 bits per heavy atom. The third-order valence-corrected chi connectivity index (χ3v) is 7.63. The fourth-order valence-electron chi connectivity index (χ4n) is 3.71. The number of nitrogens with one attached hydrogen (secondary N) is 1. The summed E-state index contributed by atoms with van der Waals surface area (Å²) in [5, 5.41) is 3.16. The second-order valence-electron chi connectivity index (χ2n) is 7.78. The average molecular weight is 565 g/mol. The maximum atomic E-state index is 13.7. The predicted molar refractivity (Wildman–Crippen MR) is 143 cm³/mol. The first-order chi connectivity index (χ1) is 18.2. The summed E-state index contributed by atoms with van der Waals surface area (Å²) in [4.78, 5) is 13.0. The smallest absolute Gasteiger partial charge is 0.264 e. The Bertz CT molecular complexity index is 1380. The van der Waals surface area contributed by atoms with Gasteiger partial charge in [-0.2, -0.15) is 0 Å². The van der Waals surface area contributed by atoms with Crippen LogP contribution in [0, 0.1) is 0 Å². The topological polar surface area (TPSA) is 113 Å². The summed E-state index contributed by atoms with van der Waals surface area (Å²) in [6.07, 6.45) is 0. The summed E-state index contributed by atoms with van der Waals surface area (Å²) in [5.74, 6) is 1.27. The molecule has 3 aromatic rings. The van der Waals surface area contributed by atoms with Gasteiger partial charge in [0.15, 0.2) is 23.0 Å². The molecule has 0 saturated heterocycles. The number of carbonyl (C=O) groups is 1. The molecule has 0 atom stereocenters. The predicted octanol–water partition coefficient (Wildman–Crippen LogP) is 3.89. The molecular weight excluding hydrogens is 536 g/mol. The second kappa shape index (κ2) is 12.6. The van der Waals surface area contributed by atoms with Crippen LogP contribution in [0.4, 0.5) is 5.69 Å². The molecule has 0 aromatic heterocycles. The van der Waals surface area contributed by atoms with E-state index in [1.54, 1.807) is 24.3 Å². The first kappa shape index (κ1) is 28.7. The molecule has 0 fully saturated rings. The van der Waals surface area contributed by atoms with Crippen molar-refractivity contribution in [2.24, 2.45) is 0 Å². The van der Waals surface area contributed by atoms with Crippen LogP contribution in [-0.2, 0) is 21.4 Å². The van der Waals surface area contributed by atoms with E-state index in [1.807, 2.05) is 0 Å². The first-order valence-electron chi connectivity index (χ1n) is 11.2. The minimum absolute atomic E-state index is 0.0488. The van der Waals surface area contributed by atoms with Gasteiger partial charge in [-0.15, -0.1) is 0 Å². The summed E-state index contributed by atoms with van der Waals surface area (Å²) in [6, 6.07) is 13.7. The van der Waals surface area contributed by atoms with E-state index >= 15 is 0 Å². The highest BCUT2D eigenvalue weighted by molar-refractivity contribution is 7.92. The fraction of sp³-hybridized carbons (Fsp3) is 0.269. The van der Waals surface area contributed by atoms with E-state index in [2.05, 4.69) is 5.32 Å². The maximum absolute atomic E-state index is 13.7. The fourth-order valence-corrected chi connectivity index (χ4v) is 5.27. The molecule has 0 radical (unpaired) electrons. The molecule has 1 amide bonds. The van der Waals surface area contributed by atoms with Gasteiger partial charge in [-0.1, -0.05) is 11.6 Å². The Balaban J connectivity index is 1.91. The van der Waals surface area contributed by atoms with Crippen molar-refractivity contribution in [3.05, 3.63) is 65.2 Å². The van der Waals surface area contributed by atoms with E-state index in [0.29, 0.717) is 33.6 Å². The lowest BCUT2D eigenvalue weighted by atomic mass is 10.1. The van der Waals surface area contributed by atoms with Crippen molar-refractivity contribution in [3.8, 4) is 28.7 Å². The zero-order valence-electron chi connectivity index (χ0n) is 21.6. The van der Waals surface area contributed by atoms with Crippen molar-refractivity contribution in [2.45, 2.75) is 11.4 Å². The van der Waals surface area contributed by atoms with Gasteiger partial charge in [-0.05, 0) is 48.5 Å². The van der Waals surface area contributed by atoms with Crippen LogP contribution in [-0.4, -0.2) is 56.4 Å². The van der Waals surface area contributed by atoms with Crippen molar-refractivity contribution in [1.82, 2.24) is 5.32 Å². The number of anilines is 1. The molecule has 3 aromatic carbocycles. The Hall–Kier alpha value is -3.83. The normalized spacial score (nSPS) is 10.9. The van der Waals surface area contributed by atoms with Gasteiger partial charge in [0, 0.05) is 23.2 Å². The van der Waals surface area contributed by atoms with Gasteiger partial charge in [0.1, 0.15) is 6.54 Å². The van der Waals surface area contributed by atoms with Crippen molar-refractivity contribution in [1.29, 1.82) is 0 Å². The molecule has 0 saturated carbocycles. The number of ether oxygens (including phenoxy) is 5. The monoisotopic (exact) mass is 564 g/mol. The average Bonchev–Trinajstić information content (AvgIpc) is 2.94. The van der Waals surface area contributed by atoms with Crippen LogP contribution in [0.3, 0.4) is 0 Å². The van der Waals surface area contributed by atoms with E-state index < -0.39 is 22.5 Å². The number of methoxy groups -OCH3 is 5. The van der Waals surface area contributed by atoms with E-state index in [1.165, 1.54) is 65.9 Å². The zero-order valence-corrected chi connectivity index (χ0v) is 23.2. The summed E-state index contributed by atoms with van der Waals surface area (Å²) < 4.78 is 55.0. The summed E-state index contributed by atoms with van der Waals surface area (Å²) in [7, 11) is 3.10. The van der Waals surface area contributed by atoms with Crippen LogP contribution in [0.25, 0.3) is 0 Å². The Morgan fingerprint density at radius 1 is 0.789 bits per heavy atom. The van der Waals surface area contributed by atoms with Crippen LogP contribution < -0.4 is 33.3 Å². The number of amides is 1. The highest BCUT2D eigenvalue weighted by atomic mass is 35.5. The van der Waals surface area contributed by atoms with Gasteiger partial charge in [-0.25, -0.2) is 8.42 Å². The van der Waals surface area contributed by atoms with E-state index in [9.17, 15) is 13.2 Å². The molecular formula is C26H29ClN2O8S. The first-order valence-corrected chi connectivity index (χ1v) is 13.1. The maximum Gasteiger partial charge on any atom is 0.264 e. The molecule has 3 rings (SSSR count). The number of halogens is 1. The van der Waals surface area contributed by atoms with E-state index in [4.69, 9.17) is 35.3 Å². The SMILES string of the molecule is COc1ccc(S(=O)(=O)N(CC(=O)NCc2ccc(OC)c(OC)c2OC)c2ccc(Cl)cc2)cc1OC. The van der Waals surface area contributed by atoms with Crippen molar-refractivity contribution >= 4 is 33.2 Å². The Labute approximate surface area is 227 Å². The van der Waals surface area contributed by atoms with Crippen LogP contribution in [0.1, 0.15) is 5.56 Å². The zero-order chi connectivity index (χ0) is 27.9. The summed E-state index contributed by atoms with van der Waals surface area (Å²) in [6.45, 7) is -0.457. The van der Waals surface area contributed by atoms with Gasteiger partial charge in [-0.3, -0.25) is 9.10 Å². The molecule has 0 aliphatic heterocycles. The van der Waals surface area contributed by atoms with Crippen molar-refractivity contribution in [2.75, 3.05) is 46.4 Å². The molecule has 0 heterocycles. The van der Waals surface area contributed by atoms with E-state index in [0.717, 1.165) is 4.31 Å². The molecule has 204 valence electrons. The van der Waals surface area contributed by atoms with Crippen molar-refractivity contribution < 1.29 is 36.9 Å². The molecule has 0 aliphatic carbocycles. The third kappa shape index (κ3) is 6.17. The Kier molecular flexibility index (Phi) is 9.54. The minimum atomic E-state index is -4.20. The number of hydrogen-bond donors (Lipinski definition) is 1. The molecule has 38 heavy (non-hydrogen) atoms. The van der Waals surface area contributed by atoms with Crippen LogP contribution in [0.15, 0.2) is 59.5 Å². The number of hydrogen-bond acceptors (Lipinski definition) is 8. The molecule has 0 spiro atoms. The van der Waals surface area contributed by atoms with E-state index in [-0.39, 0.29) is 22.9 Å². The highest BCUT2D eigenvalue weighted by Gasteiger charge is 2.28. The van der Waals surface area contributed by atoms with Crippen LogP contribution in [0.2, 0.25) is 5.02 Å². The molecule has 12 heteroatoms. The number of carbonyl (C=O) groups excluding carboxylic acids is 1. The lowest BCUT2D eigenvalue weighted by Crippen LogP contribution is -2.40. The number of nitrogens with zero attached hydrogens (tertiary/aromatic N) is 1. The quantitative estimate of drug-likeness (QED) is 0.352. The van der Waals surface area contributed by atoms with Crippen molar-refractivity contribution in [3.63, 3.8) is 0 Å². The van der Waals surface area contributed by atoms with Gasteiger partial charge in [0.25, 0.3) is 10.0 Å². The molecule has 1 N–H and O–H groups in total. The number of sulfonamides is 1. The lowest BCUT2D eigenvalue weighted by Gasteiger charge is -2.25. The molecule has 0 bridgehead atoms. The largest absolute Gasteiger partial charge is 0.493 e. The van der Waals surface area contributed by atoms with Gasteiger partial charge < -0.3 is 29.0 Å². The number of rotatable bonds is 12. The molecule has 10 nitrogen and oxygen atoms in total. The lowest BCUT2D eigenvalue weighted by molar-refractivity contribution is -0.119. The minimum Gasteiger partial charge on any atom is -0.493 e. The second-order valence-corrected chi connectivity index (χ2v) is 10.1. The van der Waals surface area contributed by atoms with Crippen LogP contribution >= 0.6 is 11.6 Å². The third-order valence-electron chi connectivity index (χ3n) is 5.61.